The summed E-state index contributed by atoms with van der Waals surface area (Å²) in [5.74, 6) is 0.587. The quantitative estimate of drug-likeness (QED) is 0.903. The predicted octanol–water partition coefficient (Wildman–Crippen LogP) is 1.69. The van der Waals surface area contributed by atoms with E-state index >= 15 is 0 Å². The average Bonchev–Trinajstić information content (AvgIpc) is 2.90. The molecule has 1 saturated heterocycles. The zero-order valence-corrected chi connectivity index (χ0v) is 10.5. The summed E-state index contributed by atoms with van der Waals surface area (Å²) in [6.07, 6.45) is 7.17. The Morgan fingerprint density at radius 1 is 1.53 bits per heavy atom. The van der Waals surface area contributed by atoms with Crippen LogP contribution < -0.4 is 5.73 Å². The van der Waals surface area contributed by atoms with Crippen LogP contribution in [-0.4, -0.2) is 28.6 Å². The number of imidazole rings is 1. The molecule has 1 unspecified atom stereocenters. The van der Waals surface area contributed by atoms with Crippen molar-refractivity contribution in [3.8, 4) is 0 Å². The van der Waals surface area contributed by atoms with Gasteiger partial charge in [-0.2, -0.15) is 0 Å². The van der Waals surface area contributed by atoms with Gasteiger partial charge in [0.05, 0.1) is 5.69 Å². The lowest BCUT2D eigenvalue weighted by Gasteiger charge is -2.27. The van der Waals surface area contributed by atoms with Gasteiger partial charge in [0.1, 0.15) is 0 Å². The summed E-state index contributed by atoms with van der Waals surface area (Å²) in [6.45, 7) is 1.72. The molecule has 0 radical (unpaired) electrons. The van der Waals surface area contributed by atoms with Crippen LogP contribution in [0.15, 0.2) is 17.8 Å². The number of ether oxygens (including phenoxy) is 1. The molecule has 1 fully saturated rings. The van der Waals surface area contributed by atoms with Crippen LogP contribution in [0.3, 0.4) is 0 Å². The highest BCUT2D eigenvalue weighted by Crippen LogP contribution is 2.20. The van der Waals surface area contributed by atoms with Crippen LogP contribution in [-0.2, 0) is 11.2 Å². The fraction of sp³-hybridized carbons (Fsp3) is 0.583. The molecular weight excluding hydrogens is 234 g/mol. The molecule has 2 N–H and O–H groups in total. The van der Waals surface area contributed by atoms with E-state index in [0.717, 1.165) is 43.1 Å². The molecule has 17 heavy (non-hydrogen) atoms. The Bertz CT molecular complexity index is 458. The molecule has 0 amide bonds. The van der Waals surface area contributed by atoms with E-state index in [1.807, 2.05) is 11.6 Å². The van der Waals surface area contributed by atoms with Gasteiger partial charge in [-0.15, -0.1) is 11.3 Å². The van der Waals surface area contributed by atoms with Gasteiger partial charge in [-0.3, -0.25) is 4.40 Å². The molecule has 0 saturated carbocycles. The van der Waals surface area contributed by atoms with Crippen molar-refractivity contribution in [1.82, 2.24) is 9.38 Å². The van der Waals surface area contributed by atoms with E-state index in [2.05, 4.69) is 15.6 Å². The maximum Gasteiger partial charge on any atom is 0.193 e. The van der Waals surface area contributed by atoms with E-state index in [0.29, 0.717) is 5.92 Å². The Morgan fingerprint density at radius 2 is 2.35 bits per heavy atom. The van der Waals surface area contributed by atoms with Gasteiger partial charge in [0.2, 0.25) is 0 Å². The highest BCUT2D eigenvalue weighted by atomic mass is 32.1. The van der Waals surface area contributed by atoms with Gasteiger partial charge in [0, 0.05) is 43.5 Å². The van der Waals surface area contributed by atoms with Crippen LogP contribution in [0, 0.1) is 5.92 Å². The van der Waals surface area contributed by atoms with E-state index in [9.17, 15) is 0 Å². The zero-order valence-electron chi connectivity index (χ0n) is 9.71. The maximum atomic E-state index is 6.27. The standard InChI is InChI=1S/C12H17N3OS/c13-11(9-1-4-16-5-2-9)7-10-8-15-3-6-17-12(15)14-10/h3,6,8-9,11H,1-2,4-5,7,13H2. The molecule has 0 aliphatic carbocycles. The van der Waals surface area contributed by atoms with Gasteiger partial charge < -0.3 is 10.5 Å². The molecule has 0 aromatic carbocycles. The predicted molar refractivity (Wildman–Crippen MR) is 68.3 cm³/mol. The first-order chi connectivity index (χ1) is 8.33. The molecule has 0 bridgehead atoms. The maximum absolute atomic E-state index is 6.27. The Morgan fingerprint density at radius 3 is 3.12 bits per heavy atom. The Labute approximate surface area is 104 Å². The summed E-state index contributed by atoms with van der Waals surface area (Å²) in [6, 6.07) is 0.212. The third-order valence-corrected chi connectivity index (χ3v) is 4.23. The minimum absolute atomic E-state index is 0.212. The Hall–Kier alpha value is -0.910. The number of fused-ring (bicyclic) bond motifs is 1. The number of nitrogens with zero attached hydrogens (tertiary/aromatic N) is 2. The highest BCUT2D eigenvalue weighted by molar-refractivity contribution is 7.15. The second-order valence-corrected chi connectivity index (χ2v) is 5.52. The lowest BCUT2D eigenvalue weighted by molar-refractivity contribution is 0.0584. The van der Waals surface area contributed by atoms with Crippen molar-refractivity contribution in [2.24, 2.45) is 11.7 Å². The zero-order chi connectivity index (χ0) is 11.7. The van der Waals surface area contributed by atoms with E-state index in [4.69, 9.17) is 10.5 Å². The molecule has 3 heterocycles. The summed E-state index contributed by atoms with van der Waals surface area (Å²) in [7, 11) is 0. The summed E-state index contributed by atoms with van der Waals surface area (Å²) in [5.41, 5.74) is 7.38. The van der Waals surface area contributed by atoms with Gasteiger partial charge in [-0.1, -0.05) is 0 Å². The van der Waals surface area contributed by atoms with E-state index in [1.165, 1.54) is 0 Å². The lowest BCUT2D eigenvalue weighted by Crippen LogP contribution is -2.36. The summed E-state index contributed by atoms with van der Waals surface area (Å²) in [5, 5.41) is 2.05. The normalized spacial score (nSPS) is 19.8. The van der Waals surface area contributed by atoms with Crippen molar-refractivity contribution in [3.05, 3.63) is 23.5 Å². The molecule has 2 aromatic rings. The molecule has 0 spiro atoms. The smallest absolute Gasteiger partial charge is 0.193 e. The van der Waals surface area contributed by atoms with Crippen molar-refractivity contribution in [2.45, 2.75) is 25.3 Å². The largest absolute Gasteiger partial charge is 0.381 e. The summed E-state index contributed by atoms with van der Waals surface area (Å²) < 4.78 is 7.43. The third-order valence-electron chi connectivity index (χ3n) is 3.46. The number of hydrogen-bond acceptors (Lipinski definition) is 4. The van der Waals surface area contributed by atoms with Crippen LogP contribution in [0.4, 0.5) is 0 Å². The average molecular weight is 251 g/mol. The van der Waals surface area contributed by atoms with Crippen LogP contribution in [0.25, 0.3) is 4.96 Å². The molecule has 1 atom stereocenters. The third kappa shape index (κ3) is 2.36. The summed E-state index contributed by atoms with van der Waals surface area (Å²) >= 11 is 1.66. The van der Waals surface area contributed by atoms with Crippen molar-refractivity contribution in [3.63, 3.8) is 0 Å². The van der Waals surface area contributed by atoms with Gasteiger partial charge in [0.15, 0.2) is 4.96 Å². The first-order valence-corrected chi connectivity index (χ1v) is 6.95. The van der Waals surface area contributed by atoms with Crippen molar-refractivity contribution in [1.29, 1.82) is 0 Å². The second kappa shape index (κ2) is 4.76. The fourth-order valence-electron chi connectivity index (χ4n) is 2.43. The highest BCUT2D eigenvalue weighted by Gasteiger charge is 2.21. The molecule has 1 aliphatic heterocycles. The lowest BCUT2D eigenvalue weighted by atomic mass is 9.90. The molecular formula is C12H17N3OS. The molecule has 1 aliphatic rings. The number of rotatable bonds is 3. The first kappa shape index (κ1) is 11.2. The number of hydrogen-bond donors (Lipinski definition) is 1. The van der Waals surface area contributed by atoms with Crippen molar-refractivity contribution < 1.29 is 4.74 Å². The fourth-order valence-corrected chi connectivity index (χ4v) is 3.15. The molecule has 4 nitrogen and oxygen atoms in total. The van der Waals surface area contributed by atoms with Crippen molar-refractivity contribution in [2.75, 3.05) is 13.2 Å². The van der Waals surface area contributed by atoms with Gasteiger partial charge in [-0.05, 0) is 18.8 Å². The van der Waals surface area contributed by atoms with Gasteiger partial charge >= 0.3 is 0 Å². The number of aromatic nitrogens is 2. The molecule has 92 valence electrons. The minimum atomic E-state index is 0.212. The van der Waals surface area contributed by atoms with Crippen LogP contribution in [0.1, 0.15) is 18.5 Å². The van der Waals surface area contributed by atoms with Crippen molar-refractivity contribution >= 4 is 16.3 Å². The Balaban J connectivity index is 1.67. The van der Waals surface area contributed by atoms with E-state index in [1.54, 1.807) is 11.3 Å². The van der Waals surface area contributed by atoms with Crippen LogP contribution in [0.5, 0.6) is 0 Å². The molecule has 5 heteroatoms. The number of thiazole rings is 1. The first-order valence-electron chi connectivity index (χ1n) is 6.07. The van der Waals surface area contributed by atoms with Crippen LogP contribution in [0.2, 0.25) is 0 Å². The van der Waals surface area contributed by atoms with E-state index in [-0.39, 0.29) is 6.04 Å². The van der Waals surface area contributed by atoms with E-state index < -0.39 is 0 Å². The molecule has 3 rings (SSSR count). The topological polar surface area (TPSA) is 52.5 Å². The monoisotopic (exact) mass is 251 g/mol. The molecule has 2 aromatic heterocycles. The second-order valence-electron chi connectivity index (χ2n) is 4.64. The SMILES string of the molecule is NC(Cc1cn2ccsc2n1)C1CCOCC1. The van der Waals surface area contributed by atoms with Gasteiger partial charge in [0.25, 0.3) is 0 Å². The Kier molecular flexibility index (Phi) is 3.13. The minimum Gasteiger partial charge on any atom is -0.381 e. The van der Waals surface area contributed by atoms with Gasteiger partial charge in [-0.25, -0.2) is 4.98 Å². The summed E-state index contributed by atoms with van der Waals surface area (Å²) in [4.78, 5) is 5.63. The van der Waals surface area contributed by atoms with Crippen LogP contribution >= 0.6 is 11.3 Å². The number of nitrogens with two attached hydrogens (primary N) is 1.